The van der Waals surface area contributed by atoms with Gasteiger partial charge in [0.1, 0.15) is 6.61 Å². The summed E-state index contributed by atoms with van der Waals surface area (Å²) in [6.07, 6.45) is 2.43. The topological polar surface area (TPSA) is 128 Å². The van der Waals surface area contributed by atoms with Crippen LogP contribution in [0, 0.1) is 5.92 Å². The Morgan fingerprint density at radius 3 is 2.79 bits per heavy atom. The first-order valence-corrected chi connectivity index (χ1v) is 9.25. The standard InChI is InChI=1S/C20H21N3O6/c24-15(9-14-7-4-8-22-19(26)18(14)25)17(16-10-21-12-29-16)23-20(27)28-11-13-5-2-1-3-6-13/h1-3,5-6,10,12,14,17H,4,7-9,11H2,(H,22,26)(H,23,27). The number of ether oxygens (including phenoxy) is 1. The van der Waals surface area contributed by atoms with Gasteiger partial charge < -0.3 is 19.8 Å². The van der Waals surface area contributed by atoms with Gasteiger partial charge in [-0.2, -0.15) is 0 Å². The second kappa shape index (κ2) is 9.63. The van der Waals surface area contributed by atoms with Gasteiger partial charge in [-0.15, -0.1) is 0 Å². The zero-order chi connectivity index (χ0) is 20.6. The quantitative estimate of drug-likeness (QED) is 0.678. The Hall–Kier alpha value is -3.49. The fourth-order valence-corrected chi connectivity index (χ4v) is 3.07. The van der Waals surface area contributed by atoms with Gasteiger partial charge in [0.25, 0.3) is 5.91 Å². The van der Waals surface area contributed by atoms with Crippen LogP contribution in [-0.4, -0.2) is 35.1 Å². The van der Waals surface area contributed by atoms with Crippen molar-refractivity contribution in [3.05, 3.63) is 54.2 Å². The van der Waals surface area contributed by atoms with E-state index in [4.69, 9.17) is 9.15 Å². The fourth-order valence-electron chi connectivity index (χ4n) is 3.07. The number of Topliss-reactive ketones (excluding diaryl/α,β-unsaturated/α-hetero) is 2. The first-order chi connectivity index (χ1) is 14.0. The van der Waals surface area contributed by atoms with Crippen molar-refractivity contribution < 1.29 is 28.3 Å². The molecule has 1 aliphatic heterocycles. The second-order valence-corrected chi connectivity index (χ2v) is 6.67. The second-order valence-electron chi connectivity index (χ2n) is 6.67. The van der Waals surface area contributed by atoms with E-state index < -0.39 is 35.5 Å². The molecular weight excluding hydrogens is 378 g/mol. The van der Waals surface area contributed by atoms with E-state index in [1.807, 2.05) is 18.2 Å². The molecule has 1 aromatic carbocycles. The van der Waals surface area contributed by atoms with Gasteiger partial charge in [0.05, 0.1) is 6.20 Å². The molecule has 0 radical (unpaired) electrons. The number of rotatable bonds is 7. The maximum absolute atomic E-state index is 12.8. The molecule has 2 amide bonds. The lowest BCUT2D eigenvalue weighted by atomic mass is 9.90. The van der Waals surface area contributed by atoms with E-state index in [1.165, 1.54) is 6.20 Å². The van der Waals surface area contributed by atoms with Crippen molar-refractivity contribution in [1.29, 1.82) is 0 Å². The number of nitrogens with zero attached hydrogens (tertiary/aromatic N) is 1. The SMILES string of the molecule is O=C(NC(C(=O)CC1CCCNC(=O)C1=O)c1cnco1)OCc1ccccc1. The van der Waals surface area contributed by atoms with Crippen LogP contribution < -0.4 is 10.6 Å². The van der Waals surface area contributed by atoms with Crippen LogP contribution in [0.5, 0.6) is 0 Å². The zero-order valence-corrected chi connectivity index (χ0v) is 15.6. The molecule has 1 saturated heterocycles. The monoisotopic (exact) mass is 399 g/mol. The van der Waals surface area contributed by atoms with Crippen molar-refractivity contribution >= 4 is 23.6 Å². The van der Waals surface area contributed by atoms with Crippen LogP contribution in [0.15, 0.2) is 47.3 Å². The van der Waals surface area contributed by atoms with Gasteiger partial charge in [-0.1, -0.05) is 30.3 Å². The number of alkyl carbamates (subject to hydrolysis) is 1. The molecule has 0 aliphatic carbocycles. The Bertz CT molecular complexity index is 866. The number of hydrogen-bond acceptors (Lipinski definition) is 7. The van der Waals surface area contributed by atoms with E-state index in [1.54, 1.807) is 12.1 Å². The minimum Gasteiger partial charge on any atom is -0.446 e. The predicted octanol–water partition coefficient (Wildman–Crippen LogP) is 1.70. The lowest BCUT2D eigenvalue weighted by Gasteiger charge is -2.18. The molecule has 1 fully saturated rings. The van der Waals surface area contributed by atoms with Crippen LogP contribution in [0.3, 0.4) is 0 Å². The first-order valence-electron chi connectivity index (χ1n) is 9.25. The molecule has 1 aliphatic rings. The third-order valence-electron chi connectivity index (χ3n) is 4.59. The molecule has 29 heavy (non-hydrogen) atoms. The third kappa shape index (κ3) is 5.50. The first kappa shape index (κ1) is 20.2. The number of carbonyl (C=O) groups is 4. The molecule has 1 aromatic heterocycles. The molecule has 0 bridgehead atoms. The van der Waals surface area contributed by atoms with Crippen molar-refractivity contribution in [3.63, 3.8) is 0 Å². The minimum absolute atomic E-state index is 0.0330. The molecule has 3 rings (SSSR count). The average Bonchev–Trinajstić information content (AvgIpc) is 3.22. The van der Waals surface area contributed by atoms with Gasteiger partial charge in [0.15, 0.2) is 24.0 Å². The largest absolute Gasteiger partial charge is 0.446 e. The highest BCUT2D eigenvalue weighted by molar-refractivity contribution is 6.37. The Labute approximate surface area is 166 Å². The highest BCUT2D eigenvalue weighted by Crippen LogP contribution is 2.22. The molecular formula is C20H21N3O6. The van der Waals surface area contributed by atoms with Crippen molar-refractivity contribution in [2.45, 2.75) is 31.9 Å². The summed E-state index contributed by atoms with van der Waals surface area (Å²) < 4.78 is 10.3. The van der Waals surface area contributed by atoms with Crippen molar-refractivity contribution in [1.82, 2.24) is 15.6 Å². The number of benzene rings is 1. The van der Waals surface area contributed by atoms with Crippen molar-refractivity contribution in [2.75, 3.05) is 6.54 Å². The molecule has 2 N–H and O–H groups in total. The molecule has 2 unspecified atom stereocenters. The summed E-state index contributed by atoms with van der Waals surface area (Å²) in [5.41, 5.74) is 0.792. The van der Waals surface area contributed by atoms with Crippen LogP contribution >= 0.6 is 0 Å². The highest BCUT2D eigenvalue weighted by atomic mass is 16.5. The fraction of sp³-hybridized carbons (Fsp3) is 0.350. The van der Waals surface area contributed by atoms with Gasteiger partial charge >= 0.3 is 6.09 Å². The number of nitrogens with one attached hydrogen (secondary N) is 2. The average molecular weight is 399 g/mol. The Kier molecular flexibility index (Phi) is 6.72. The summed E-state index contributed by atoms with van der Waals surface area (Å²) in [5.74, 6) is -2.40. The maximum Gasteiger partial charge on any atom is 0.408 e. The van der Waals surface area contributed by atoms with Gasteiger partial charge in [-0.05, 0) is 18.4 Å². The Morgan fingerprint density at radius 1 is 1.28 bits per heavy atom. The van der Waals surface area contributed by atoms with E-state index in [9.17, 15) is 19.2 Å². The summed E-state index contributed by atoms with van der Waals surface area (Å²) >= 11 is 0. The van der Waals surface area contributed by atoms with Gasteiger partial charge in [-0.3, -0.25) is 14.4 Å². The third-order valence-corrected chi connectivity index (χ3v) is 4.59. The molecule has 9 nitrogen and oxygen atoms in total. The van der Waals surface area contributed by atoms with Crippen molar-refractivity contribution in [3.8, 4) is 0 Å². The molecule has 2 heterocycles. The van der Waals surface area contributed by atoms with E-state index in [2.05, 4.69) is 15.6 Å². The predicted molar refractivity (Wildman–Crippen MR) is 99.4 cm³/mol. The van der Waals surface area contributed by atoms with E-state index >= 15 is 0 Å². The molecule has 0 spiro atoms. The number of hydrogen-bond donors (Lipinski definition) is 2. The summed E-state index contributed by atoms with van der Waals surface area (Å²) in [6.45, 7) is 0.427. The normalized spacial score (nSPS) is 17.7. The molecule has 2 aromatic rings. The Morgan fingerprint density at radius 2 is 2.07 bits per heavy atom. The van der Waals surface area contributed by atoms with Gasteiger partial charge in [0.2, 0.25) is 5.78 Å². The summed E-state index contributed by atoms with van der Waals surface area (Å²) in [6, 6.07) is 7.91. The number of oxazole rings is 1. The lowest BCUT2D eigenvalue weighted by molar-refractivity contribution is -0.140. The lowest BCUT2D eigenvalue weighted by Crippen LogP contribution is -2.37. The number of aromatic nitrogens is 1. The molecule has 0 saturated carbocycles. The maximum atomic E-state index is 12.8. The summed E-state index contributed by atoms with van der Waals surface area (Å²) in [5, 5.41) is 4.97. The van der Waals surface area contributed by atoms with E-state index in [0.29, 0.717) is 19.4 Å². The molecule has 152 valence electrons. The Balaban J connectivity index is 1.65. The van der Waals surface area contributed by atoms with Crippen LogP contribution in [-0.2, 0) is 25.7 Å². The summed E-state index contributed by atoms with van der Waals surface area (Å²) in [4.78, 5) is 52.7. The summed E-state index contributed by atoms with van der Waals surface area (Å²) in [7, 11) is 0. The van der Waals surface area contributed by atoms with Gasteiger partial charge in [-0.25, -0.2) is 9.78 Å². The smallest absolute Gasteiger partial charge is 0.408 e. The van der Waals surface area contributed by atoms with E-state index in [-0.39, 0.29) is 18.8 Å². The van der Waals surface area contributed by atoms with Crippen LogP contribution in [0.25, 0.3) is 0 Å². The molecule has 9 heteroatoms. The van der Waals surface area contributed by atoms with E-state index in [0.717, 1.165) is 12.0 Å². The number of amides is 2. The zero-order valence-electron chi connectivity index (χ0n) is 15.6. The molecule has 2 atom stereocenters. The van der Waals surface area contributed by atoms with Crippen LogP contribution in [0.4, 0.5) is 4.79 Å². The minimum atomic E-state index is -1.17. The van der Waals surface area contributed by atoms with Crippen molar-refractivity contribution in [2.24, 2.45) is 5.92 Å². The van der Waals surface area contributed by atoms with Gasteiger partial charge in [0, 0.05) is 18.9 Å². The number of carbonyl (C=O) groups excluding carboxylic acids is 4. The van der Waals surface area contributed by atoms with Crippen LogP contribution in [0.1, 0.15) is 36.6 Å². The van der Waals surface area contributed by atoms with Crippen LogP contribution in [0.2, 0.25) is 0 Å². The number of ketones is 2. The highest BCUT2D eigenvalue weighted by Gasteiger charge is 2.34.